The van der Waals surface area contributed by atoms with E-state index >= 15 is 0 Å². The van der Waals surface area contributed by atoms with Crippen molar-refractivity contribution in [2.75, 3.05) is 19.0 Å². The van der Waals surface area contributed by atoms with E-state index < -0.39 is 5.92 Å². The van der Waals surface area contributed by atoms with Crippen LogP contribution in [0.5, 0.6) is 5.75 Å². The fraction of sp³-hybridized carbons (Fsp3) is 0.364. The zero-order valence-electron chi connectivity index (χ0n) is 24.4. The zero-order valence-corrected chi connectivity index (χ0v) is 24.4. The molecule has 2 aromatic carbocycles. The van der Waals surface area contributed by atoms with E-state index in [1.807, 2.05) is 18.2 Å². The van der Waals surface area contributed by atoms with Gasteiger partial charge in [0.05, 0.1) is 36.4 Å². The molecule has 1 N–H and O–H groups in total. The number of aliphatic imine (C=N–C) groups is 1. The molecule has 5 rings (SSSR count). The Labute approximate surface area is 240 Å². The lowest BCUT2D eigenvalue weighted by atomic mass is 9.99. The second kappa shape index (κ2) is 11.4. The quantitative estimate of drug-likeness (QED) is 0.191. The first-order chi connectivity index (χ1) is 19.6. The Bertz CT molecular complexity index is 1630. The summed E-state index contributed by atoms with van der Waals surface area (Å²) in [4.78, 5) is 9.46. The van der Waals surface area contributed by atoms with Crippen LogP contribution < -0.4 is 10.1 Å². The first-order valence-electron chi connectivity index (χ1n) is 14.1. The molecule has 0 bridgehead atoms. The molecule has 0 saturated heterocycles. The van der Waals surface area contributed by atoms with E-state index in [-0.39, 0.29) is 13.0 Å². The monoisotopic (exact) mass is 557 g/mol. The molecule has 8 heteroatoms. The van der Waals surface area contributed by atoms with Crippen LogP contribution in [0.1, 0.15) is 68.0 Å². The van der Waals surface area contributed by atoms with Crippen LogP contribution in [-0.4, -0.2) is 45.9 Å². The molecule has 4 aromatic rings. The lowest BCUT2D eigenvalue weighted by Crippen LogP contribution is -2.17. The van der Waals surface area contributed by atoms with E-state index in [4.69, 9.17) is 14.8 Å². The van der Waals surface area contributed by atoms with Crippen molar-refractivity contribution in [2.24, 2.45) is 4.99 Å². The molecule has 1 fully saturated rings. The highest BCUT2D eigenvalue weighted by atomic mass is 19.3. The van der Waals surface area contributed by atoms with E-state index in [0.717, 1.165) is 65.4 Å². The molecule has 2 heterocycles. The molecule has 0 atom stereocenters. The molecule has 0 amide bonds. The molecule has 1 aliphatic rings. The molecular formula is C33H37F2N5O. The van der Waals surface area contributed by atoms with Crippen LogP contribution in [0.4, 0.5) is 14.5 Å². The minimum Gasteiger partial charge on any atom is -0.496 e. The summed E-state index contributed by atoms with van der Waals surface area (Å²) in [6.07, 6.45) is 4.65. The van der Waals surface area contributed by atoms with Crippen LogP contribution in [0.15, 0.2) is 60.2 Å². The average molecular weight is 558 g/mol. The number of methoxy groups -OCH3 is 1. The Balaban J connectivity index is 1.60. The van der Waals surface area contributed by atoms with Gasteiger partial charge in [-0.05, 0) is 81.0 Å². The standard InChI is InChI=1S/C33H37F2N5O/c1-7-23-8-13-31(41-6)27(17-23)21(3)28-18-29(36-15-14-33(5,34)35)32-37-19-30(40(32)39-28)24-9-12-26(20(2)16-24)22(4)38-25-10-11-25/h8-9,12-13,16-19,25,36H,3,7,10-11,14-15H2,1-2,4-6H3. The maximum atomic E-state index is 13.6. The summed E-state index contributed by atoms with van der Waals surface area (Å²) in [6.45, 7) is 11.6. The summed E-state index contributed by atoms with van der Waals surface area (Å²) in [5, 5.41) is 8.13. The summed E-state index contributed by atoms with van der Waals surface area (Å²) >= 11 is 0. The number of imidazole rings is 1. The van der Waals surface area contributed by atoms with Gasteiger partial charge in [-0.2, -0.15) is 5.10 Å². The van der Waals surface area contributed by atoms with Crippen molar-refractivity contribution in [1.29, 1.82) is 0 Å². The summed E-state index contributed by atoms with van der Waals surface area (Å²) in [6, 6.07) is 14.6. The van der Waals surface area contributed by atoms with Crippen LogP contribution >= 0.6 is 0 Å². The fourth-order valence-electron chi connectivity index (χ4n) is 4.98. The molecule has 41 heavy (non-hydrogen) atoms. The van der Waals surface area contributed by atoms with Gasteiger partial charge < -0.3 is 10.1 Å². The predicted molar refractivity (Wildman–Crippen MR) is 163 cm³/mol. The van der Waals surface area contributed by atoms with Gasteiger partial charge in [-0.1, -0.05) is 31.7 Å². The summed E-state index contributed by atoms with van der Waals surface area (Å²) < 4.78 is 34.7. The number of ether oxygens (including phenoxy) is 1. The molecule has 0 spiro atoms. The van der Waals surface area contributed by atoms with Crippen molar-refractivity contribution in [1.82, 2.24) is 14.6 Å². The number of alkyl halides is 2. The smallest absolute Gasteiger partial charge is 0.247 e. The van der Waals surface area contributed by atoms with Gasteiger partial charge in [0.1, 0.15) is 5.75 Å². The summed E-state index contributed by atoms with van der Waals surface area (Å²) in [5.41, 5.74) is 9.43. The fourth-order valence-corrected chi connectivity index (χ4v) is 4.98. The Morgan fingerprint density at radius 2 is 1.95 bits per heavy atom. The summed E-state index contributed by atoms with van der Waals surface area (Å²) in [5.74, 6) is -2.09. The van der Waals surface area contributed by atoms with Crippen LogP contribution in [0, 0.1) is 6.92 Å². The minimum absolute atomic E-state index is 0.0827. The van der Waals surface area contributed by atoms with Gasteiger partial charge in [0, 0.05) is 35.4 Å². The number of benzene rings is 2. The SMILES string of the molecule is C=C(c1cc(NCCC(C)(F)F)c2ncc(-c3ccc(C(C)=NC4CC4)c(C)c3)n2n1)c1cc(CC)ccc1OC. The number of hydrogen-bond acceptors (Lipinski definition) is 5. The third kappa shape index (κ3) is 6.32. The number of nitrogens with one attached hydrogen (secondary N) is 1. The third-order valence-electron chi connectivity index (χ3n) is 7.49. The lowest BCUT2D eigenvalue weighted by molar-refractivity contribution is 0.0167. The van der Waals surface area contributed by atoms with Gasteiger partial charge in [-0.15, -0.1) is 0 Å². The van der Waals surface area contributed by atoms with Gasteiger partial charge in [0.15, 0.2) is 5.65 Å². The first kappa shape index (κ1) is 28.5. The molecule has 6 nitrogen and oxygen atoms in total. The number of nitrogens with zero attached hydrogens (tertiary/aromatic N) is 4. The molecule has 0 unspecified atom stereocenters. The summed E-state index contributed by atoms with van der Waals surface area (Å²) in [7, 11) is 1.63. The molecular weight excluding hydrogens is 520 g/mol. The second-order valence-electron chi connectivity index (χ2n) is 10.9. The normalized spacial score (nSPS) is 14.0. The van der Waals surface area contributed by atoms with Crippen molar-refractivity contribution in [3.8, 4) is 17.0 Å². The molecule has 1 saturated carbocycles. The Kier molecular flexibility index (Phi) is 7.93. The van der Waals surface area contributed by atoms with Crippen molar-refractivity contribution >= 4 is 22.6 Å². The number of rotatable bonds is 11. The maximum absolute atomic E-state index is 13.6. The van der Waals surface area contributed by atoms with Crippen LogP contribution in [0.2, 0.25) is 0 Å². The van der Waals surface area contributed by atoms with Crippen molar-refractivity contribution < 1.29 is 13.5 Å². The predicted octanol–water partition coefficient (Wildman–Crippen LogP) is 7.77. The number of hydrogen-bond donors (Lipinski definition) is 1. The van der Waals surface area contributed by atoms with Crippen LogP contribution in [0.3, 0.4) is 0 Å². The average Bonchev–Trinajstić information content (AvgIpc) is 3.65. The van der Waals surface area contributed by atoms with E-state index in [2.05, 4.69) is 61.9 Å². The van der Waals surface area contributed by atoms with E-state index in [1.165, 1.54) is 0 Å². The van der Waals surface area contributed by atoms with Gasteiger partial charge >= 0.3 is 0 Å². The molecule has 214 valence electrons. The number of fused-ring (bicyclic) bond motifs is 1. The number of anilines is 1. The topological polar surface area (TPSA) is 63.8 Å². The van der Waals surface area contributed by atoms with Crippen molar-refractivity contribution in [2.45, 2.75) is 65.3 Å². The molecule has 1 aliphatic carbocycles. The van der Waals surface area contributed by atoms with Gasteiger partial charge in [-0.25, -0.2) is 18.3 Å². The second-order valence-corrected chi connectivity index (χ2v) is 10.9. The highest BCUT2D eigenvalue weighted by Gasteiger charge is 2.23. The third-order valence-corrected chi connectivity index (χ3v) is 7.49. The molecule has 2 aromatic heterocycles. The Morgan fingerprint density at radius 3 is 2.61 bits per heavy atom. The highest BCUT2D eigenvalue weighted by Crippen LogP contribution is 2.34. The highest BCUT2D eigenvalue weighted by molar-refractivity contribution is 6.00. The van der Waals surface area contributed by atoms with Gasteiger partial charge in [-0.3, -0.25) is 4.99 Å². The zero-order chi connectivity index (χ0) is 29.3. The maximum Gasteiger partial charge on any atom is 0.247 e. The Hall–Kier alpha value is -4.07. The van der Waals surface area contributed by atoms with Gasteiger partial charge in [0.2, 0.25) is 5.92 Å². The molecule has 0 aliphatic heterocycles. The van der Waals surface area contributed by atoms with E-state index in [1.54, 1.807) is 17.8 Å². The minimum atomic E-state index is -2.78. The van der Waals surface area contributed by atoms with Gasteiger partial charge in [0.25, 0.3) is 0 Å². The number of aromatic nitrogens is 3. The van der Waals surface area contributed by atoms with E-state index in [0.29, 0.717) is 34.4 Å². The van der Waals surface area contributed by atoms with Crippen LogP contribution in [-0.2, 0) is 6.42 Å². The first-order valence-corrected chi connectivity index (χ1v) is 14.1. The van der Waals surface area contributed by atoms with Crippen molar-refractivity contribution in [3.63, 3.8) is 0 Å². The lowest BCUT2D eigenvalue weighted by Gasteiger charge is -2.16. The number of halogens is 2. The Morgan fingerprint density at radius 1 is 1.17 bits per heavy atom. The van der Waals surface area contributed by atoms with Crippen molar-refractivity contribution in [3.05, 3.63) is 83.2 Å². The number of aryl methyl sites for hydroxylation is 2. The van der Waals surface area contributed by atoms with E-state index in [9.17, 15) is 8.78 Å². The largest absolute Gasteiger partial charge is 0.496 e. The van der Waals surface area contributed by atoms with Crippen LogP contribution in [0.25, 0.3) is 22.5 Å². The molecule has 0 radical (unpaired) electrons.